The first-order chi connectivity index (χ1) is 8.00. The predicted octanol–water partition coefficient (Wildman–Crippen LogP) is 2.14. The van der Waals surface area contributed by atoms with Crippen LogP contribution in [-0.2, 0) is 0 Å². The number of hydrogen-bond acceptors (Lipinski definition) is 3. The number of amides is 1. The number of pyridine rings is 1. The van der Waals surface area contributed by atoms with Crippen molar-refractivity contribution in [3.05, 3.63) is 27.5 Å². The van der Waals surface area contributed by atoms with E-state index >= 15 is 0 Å². The average molecular weight is 320 g/mol. The molecule has 1 aliphatic carbocycles. The van der Waals surface area contributed by atoms with Crippen LogP contribution < -0.4 is 5.32 Å². The summed E-state index contributed by atoms with van der Waals surface area (Å²) in [7, 11) is 0. The molecular weight excluding hydrogens is 307 g/mol. The molecule has 0 aromatic carbocycles. The highest BCUT2D eigenvalue weighted by Crippen LogP contribution is 2.30. The molecule has 1 aromatic heterocycles. The van der Waals surface area contributed by atoms with Crippen molar-refractivity contribution in [1.82, 2.24) is 10.3 Å². The largest absolute Gasteiger partial charge is 0.388 e. The molecule has 0 unspecified atom stereocenters. The van der Waals surface area contributed by atoms with E-state index in [0.29, 0.717) is 10.0 Å². The first-order valence-corrected chi connectivity index (χ1v) is 6.49. The van der Waals surface area contributed by atoms with Gasteiger partial charge in [0.2, 0.25) is 0 Å². The number of hydrogen-bond donors (Lipinski definition) is 2. The van der Waals surface area contributed by atoms with Gasteiger partial charge in [-0.15, -0.1) is 0 Å². The summed E-state index contributed by atoms with van der Waals surface area (Å²) >= 11 is 9.06. The SMILES string of the molecule is O=C(NCC1(O)CCC1)c1cc(Br)cnc1Cl. The molecule has 1 amide bonds. The van der Waals surface area contributed by atoms with E-state index in [1.165, 1.54) is 6.20 Å². The van der Waals surface area contributed by atoms with Gasteiger partial charge >= 0.3 is 0 Å². The Bertz CT molecular complexity index is 449. The molecule has 92 valence electrons. The van der Waals surface area contributed by atoms with E-state index in [1.54, 1.807) is 6.07 Å². The van der Waals surface area contributed by atoms with E-state index in [2.05, 4.69) is 26.2 Å². The lowest BCUT2D eigenvalue weighted by Gasteiger charge is -2.36. The fraction of sp³-hybridized carbons (Fsp3) is 0.455. The first-order valence-electron chi connectivity index (χ1n) is 5.32. The van der Waals surface area contributed by atoms with Crippen LogP contribution in [0.1, 0.15) is 29.6 Å². The fourth-order valence-electron chi connectivity index (χ4n) is 1.68. The van der Waals surface area contributed by atoms with Gasteiger partial charge in [0.15, 0.2) is 0 Å². The number of nitrogens with one attached hydrogen (secondary N) is 1. The zero-order chi connectivity index (χ0) is 12.5. The number of halogens is 2. The van der Waals surface area contributed by atoms with Crippen LogP contribution in [0.15, 0.2) is 16.7 Å². The fourth-order valence-corrected chi connectivity index (χ4v) is 2.20. The normalized spacial score (nSPS) is 17.4. The topological polar surface area (TPSA) is 62.2 Å². The summed E-state index contributed by atoms with van der Waals surface area (Å²) in [5.41, 5.74) is -0.425. The Morgan fingerprint density at radius 3 is 2.94 bits per heavy atom. The Kier molecular flexibility index (Phi) is 3.70. The number of carbonyl (C=O) groups excluding carboxylic acids is 1. The Morgan fingerprint density at radius 1 is 1.65 bits per heavy atom. The molecule has 0 radical (unpaired) electrons. The molecule has 2 N–H and O–H groups in total. The van der Waals surface area contributed by atoms with Gasteiger partial charge in [0.25, 0.3) is 5.91 Å². The third-order valence-electron chi connectivity index (χ3n) is 2.91. The van der Waals surface area contributed by atoms with Crippen molar-refractivity contribution in [2.45, 2.75) is 24.9 Å². The van der Waals surface area contributed by atoms with E-state index in [9.17, 15) is 9.90 Å². The lowest BCUT2D eigenvalue weighted by molar-refractivity contribution is -0.0300. The van der Waals surface area contributed by atoms with Gasteiger partial charge in [-0.25, -0.2) is 4.98 Å². The second kappa shape index (κ2) is 4.92. The number of rotatable bonds is 3. The molecule has 17 heavy (non-hydrogen) atoms. The zero-order valence-electron chi connectivity index (χ0n) is 9.04. The summed E-state index contributed by atoms with van der Waals surface area (Å²) < 4.78 is 0.689. The molecule has 0 bridgehead atoms. The number of aliphatic hydroxyl groups is 1. The molecule has 0 saturated heterocycles. The molecule has 2 rings (SSSR count). The lowest BCUT2D eigenvalue weighted by Crippen LogP contribution is -2.47. The molecule has 0 aliphatic heterocycles. The highest BCUT2D eigenvalue weighted by molar-refractivity contribution is 9.10. The van der Waals surface area contributed by atoms with E-state index < -0.39 is 5.60 Å². The third-order valence-corrected chi connectivity index (χ3v) is 3.65. The summed E-state index contributed by atoms with van der Waals surface area (Å²) in [6.07, 6.45) is 4.00. The van der Waals surface area contributed by atoms with E-state index in [-0.39, 0.29) is 17.6 Å². The number of aromatic nitrogens is 1. The number of nitrogens with zero attached hydrogens (tertiary/aromatic N) is 1. The first kappa shape index (κ1) is 12.8. The van der Waals surface area contributed by atoms with Crippen LogP contribution in [0, 0.1) is 0 Å². The summed E-state index contributed by atoms with van der Waals surface area (Å²) in [6, 6.07) is 1.61. The molecule has 1 fully saturated rings. The maximum atomic E-state index is 11.8. The summed E-state index contributed by atoms with van der Waals surface area (Å²) in [5, 5.41) is 12.7. The summed E-state index contributed by atoms with van der Waals surface area (Å²) in [6.45, 7) is 0.259. The van der Waals surface area contributed by atoms with Crippen LogP contribution in [0.4, 0.5) is 0 Å². The van der Waals surface area contributed by atoms with Gasteiger partial charge in [-0.1, -0.05) is 11.6 Å². The monoisotopic (exact) mass is 318 g/mol. The smallest absolute Gasteiger partial charge is 0.254 e. The number of carbonyl (C=O) groups is 1. The highest BCUT2D eigenvalue weighted by Gasteiger charge is 2.34. The van der Waals surface area contributed by atoms with Crippen molar-refractivity contribution in [2.75, 3.05) is 6.54 Å². The van der Waals surface area contributed by atoms with Crippen molar-refractivity contribution >= 4 is 33.4 Å². The Labute approximate surface area is 113 Å². The predicted molar refractivity (Wildman–Crippen MR) is 68.1 cm³/mol. The minimum atomic E-state index is -0.735. The van der Waals surface area contributed by atoms with Crippen molar-refractivity contribution < 1.29 is 9.90 Å². The minimum Gasteiger partial charge on any atom is -0.388 e. The average Bonchev–Trinajstić information content (AvgIpc) is 2.26. The molecule has 1 heterocycles. The molecule has 1 saturated carbocycles. The quantitative estimate of drug-likeness (QED) is 0.839. The van der Waals surface area contributed by atoms with Crippen LogP contribution in [0.5, 0.6) is 0 Å². The third kappa shape index (κ3) is 2.97. The van der Waals surface area contributed by atoms with Gasteiger partial charge in [0, 0.05) is 17.2 Å². The standard InChI is InChI=1S/C11H12BrClN2O2/c12-7-4-8(9(13)14-5-7)10(16)15-6-11(17)2-1-3-11/h4-5,17H,1-3,6H2,(H,15,16). The van der Waals surface area contributed by atoms with Crippen LogP contribution >= 0.6 is 27.5 Å². The minimum absolute atomic E-state index is 0.159. The van der Waals surface area contributed by atoms with E-state index in [0.717, 1.165) is 19.3 Å². The maximum absolute atomic E-state index is 11.8. The Morgan fingerprint density at radius 2 is 2.35 bits per heavy atom. The zero-order valence-corrected chi connectivity index (χ0v) is 11.4. The summed E-state index contributed by atoms with van der Waals surface area (Å²) in [4.78, 5) is 15.7. The summed E-state index contributed by atoms with van der Waals surface area (Å²) in [5.74, 6) is -0.316. The van der Waals surface area contributed by atoms with E-state index in [4.69, 9.17) is 11.6 Å². The maximum Gasteiger partial charge on any atom is 0.254 e. The van der Waals surface area contributed by atoms with Crippen LogP contribution in [0.2, 0.25) is 5.15 Å². The van der Waals surface area contributed by atoms with Gasteiger partial charge in [0.05, 0.1) is 11.2 Å². The molecular formula is C11H12BrClN2O2. The second-order valence-corrected chi connectivity index (χ2v) is 5.53. The molecule has 6 heteroatoms. The van der Waals surface area contributed by atoms with Gasteiger partial charge < -0.3 is 10.4 Å². The van der Waals surface area contributed by atoms with Crippen LogP contribution in [0.3, 0.4) is 0 Å². The lowest BCUT2D eigenvalue weighted by atomic mass is 9.80. The Hall–Kier alpha value is -0.650. The Balaban J connectivity index is 2.01. The molecule has 1 aliphatic rings. The molecule has 0 spiro atoms. The highest BCUT2D eigenvalue weighted by atomic mass is 79.9. The second-order valence-electron chi connectivity index (χ2n) is 4.25. The van der Waals surface area contributed by atoms with Crippen LogP contribution in [-0.4, -0.2) is 28.1 Å². The molecule has 1 aromatic rings. The van der Waals surface area contributed by atoms with Gasteiger partial charge in [0.1, 0.15) is 5.15 Å². The van der Waals surface area contributed by atoms with Gasteiger partial charge in [-0.2, -0.15) is 0 Å². The van der Waals surface area contributed by atoms with Crippen molar-refractivity contribution in [3.63, 3.8) is 0 Å². The van der Waals surface area contributed by atoms with Crippen LogP contribution in [0.25, 0.3) is 0 Å². The van der Waals surface area contributed by atoms with Crippen molar-refractivity contribution in [2.24, 2.45) is 0 Å². The molecule has 0 atom stereocenters. The molecule has 4 nitrogen and oxygen atoms in total. The van der Waals surface area contributed by atoms with Gasteiger partial charge in [-0.3, -0.25) is 4.79 Å². The van der Waals surface area contributed by atoms with E-state index in [1.807, 2.05) is 0 Å². The van der Waals surface area contributed by atoms with Crippen molar-refractivity contribution in [1.29, 1.82) is 0 Å². The van der Waals surface area contributed by atoms with Crippen molar-refractivity contribution in [3.8, 4) is 0 Å². The van der Waals surface area contributed by atoms with Gasteiger partial charge in [-0.05, 0) is 41.3 Å².